The molecule has 0 fully saturated rings. The third-order valence-corrected chi connectivity index (χ3v) is 6.72. The minimum Gasteiger partial charge on any atom is -0.475 e. The van der Waals surface area contributed by atoms with Crippen molar-refractivity contribution >= 4 is 21.4 Å². The molecule has 0 unspecified atom stereocenters. The van der Waals surface area contributed by atoms with Crippen LogP contribution in [0.3, 0.4) is 0 Å². The van der Waals surface area contributed by atoms with Gasteiger partial charge in [0.1, 0.15) is 5.75 Å². The molecule has 0 aliphatic heterocycles. The highest BCUT2D eigenvalue weighted by atomic mass is 32.2. The average Bonchev–Trinajstić information content (AvgIpc) is 2.81. The summed E-state index contributed by atoms with van der Waals surface area (Å²) in [5, 5.41) is 2.79. The Kier molecular flexibility index (Phi) is 7.92. The lowest BCUT2D eigenvalue weighted by Crippen LogP contribution is -2.26. The minimum absolute atomic E-state index is 0.0198. The highest BCUT2D eigenvalue weighted by Gasteiger charge is 2.17. The summed E-state index contributed by atoms with van der Waals surface area (Å²) in [5.74, 6) is 3.92. The SMILES string of the molecule is CCS(=O)(=O)c1ccc(CC(=O)Nc2ccc(C#CC(C)(C)Oc3ccc(F)c(F)c3)cc2)cc1. The van der Waals surface area contributed by atoms with E-state index in [2.05, 4.69) is 17.2 Å². The molecule has 0 saturated heterocycles. The summed E-state index contributed by atoms with van der Waals surface area (Å²) >= 11 is 0. The van der Waals surface area contributed by atoms with Crippen molar-refractivity contribution in [2.24, 2.45) is 0 Å². The van der Waals surface area contributed by atoms with E-state index in [1.54, 1.807) is 57.2 Å². The van der Waals surface area contributed by atoms with Gasteiger partial charge in [-0.05, 0) is 67.9 Å². The third-order valence-electron chi connectivity index (χ3n) is 4.97. The van der Waals surface area contributed by atoms with E-state index < -0.39 is 27.1 Å². The van der Waals surface area contributed by atoms with Crippen LogP contribution in [0, 0.1) is 23.5 Å². The number of benzene rings is 3. The van der Waals surface area contributed by atoms with E-state index >= 15 is 0 Å². The number of amides is 1. The van der Waals surface area contributed by atoms with Gasteiger partial charge in [-0.2, -0.15) is 0 Å². The second-order valence-corrected chi connectivity index (χ2v) is 10.6. The van der Waals surface area contributed by atoms with Crippen molar-refractivity contribution in [1.29, 1.82) is 0 Å². The quantitative estimate of drug-likeness (QED) is 0.459. The van der Waals surface area contributed by atoms with Crippen LogP contribution in [0.1, 0.15) is 31.9 Å². The van der Waals surface area contributed by atoms with Gasteiger partial charge in [0, 0.05) is 17.3 Å². The Morgan fingerprint density at radius 2 is 1.63 bits per heavy atom. The molecule has 3 aromatic carbocycles. The van der Waals surface area contributed by atoms with Crippen LogP contribution in [-0.4, -0.2) is 25.7 Å². The molecule has 0 aliphatic carbocycles. The highest BCUT2D eigenvalue weighted by Crippen LogP contribution is 2.21. The van der Waals surface area contributed by atoms with Crippen LogP contribution in [-0.2, 0) is 21.1 Å². The predicted molar refractivity (Wildman–Crippen MR) is 131 cm³/mol. The van der Waals surface area contributed by atoms with E-state index in [0.717, 1.165) is 12.1 Å². The number of hydrogen-bond donors (Lipinski definition) is 1. The van der Waals surface area contributed by atoms with Crippen LogP contribution in [0.25, 0.3) is 0 Å². The van der Waals surface area contributed by atoms with Crippen molar-refractivity contribution in [1.82, 2.24) is 0 Å². The molecule has 0 aromatic heterocycles. The molecule has 0 saturated carbocycles. The summed E-state index contributed by atoms with van der Waals surface area (Å²) in [6.07, 6.45) is 0.101. The number of halogens is 2. The molecule has 0 atom stereocenters. The first-order valence-electron chi connectivity index (χ1n) is 10.9. The number of anilines is 1. The van der Waals surface area contributed by atoms with E-state index in [9.17, 15) is 22.0 Å². The number of hydrogen-bond acceptors (Lipinski definition) is 4. The molecule has 35 heavy (non-hydrogen) atoms. The zero-order valence-corrected chi connectivity index (χ0v) is 20.4. The minimum atomic E-state index is -3.28. The normalized spacial score (nSPS) is 11.3. The molecule has 1 amide bonds. The van der Waals surface area contributed by atoms with E-state index in [1.165, 1.54) is 18.2 Å². The van der Waals surface area contributed by atoms with Crippen molar-refractivity contribution in [3.8, 4) is 17.6 Å². The van der Waals surface area contributed by atoms with Crippen molar-refractivity contribution < 1.29 is 26.7 Å². The van der Waals surface area contributed by atoms with Gasteiger partial charge in [0.05, 0.1) is 17.1 Å². The van der Waals surface area contributed by atoms with Crippen LogP contribution in [0.2, 0.25) is 0 Å². The standard InChI is InChI=1S/C27H25F2NO4S/c1-4-35(32,33)23-12-7-20(8-13-23)17-26(31)30-21-9-5-19(6-10-21)15-16-27(2,3)34-22-11-14-24(28)25(29)18-22/h5-14,18H,4,17H2,1-3H3,(H,30,31). The van der Waals surface area contributed by atoms with Crippen molar-refractivity contribution in [2.75, 3.05) is 11.1 Å². The fraction of sp³-hybridized carbons (Fsp3) is 0.222. The summed E-state index contributed by atoms with van der Waals surface area (Å²) in [5.41, 5.74) is 1.01. The van der Waals surface area contributed by atoms with E-state index in [0.29, 0.717) is 16.8 Å². The number of carbonyl (C=O) groups excluding carboxylic acids is 1. The molecule has 1 N–H and O–H groups in total. The summed E-state index contributed by atoms with van der Waals surface area (Å²) in [6, 6.07) is 16.5. The van der Waals surface area contributed by atoms with E-state index in [4.69, 9.17) is 4.74 Å². The molecule has 0 heterocycles. The summed E-state index contributed by atoms with van der Waals surface area (Å²) in [6.45, 7) is 5.00. The van der Waals surface area contributed by atoms with Gasteiger partial charge in [0.2, 0.25) is 5.91 Å². The van der Waals surface area contributed by atoms with Crippen molar-refractivity contribution in [2.45, 2.75) is 37.7 Å². The lowest BCUT2D eigenvalue weighted by atomic mass is 10.1. The van der Waals surface area contributed by atoms with E-state index in [1.807, 2.05) is 0 Å². The molecular formula is C27H25F2NO4S. The van der Waals surface area contributed by atoms with Gasteiger partial charge in [0.15, 0.2) is 27.1 Å². The zero-order valence-electron chi connectivity index (χ0n) is 19.6. The molecule has 0 aliphatic rings. The van der Waals surface area contributed by atoms with Crippen LogP contribution in [0.15, 0.2) is 71.6 Å². The Balaban J connectivity index is 1.58. The zero-order chi connectivity index (χ0) is 25.6. The Morgan fingerprint density at radius 1 is 0.971 bits per heavy atom. The largest absolute Gasteiger partial charge is 0.475 e. The lowest BCUT2D eigenvalue weighted by Gasteiger charge is -2.20. The number of ether oxygens (including phenoxy) is 1. The number of rotatable bonds is 7. The fourth-order valence-electron chi connectivity index (χ4n) is 3.09. The Hall–Kier alpha value is -3.70. The van der Waals surface area contributed by atoms with Gasteiger partial charge < -0.3 is 10.1 Å². The summed E-state index contributed by atoms with van der Waals surface area (Å²) < 4.78 is 55.9. The second kappa shape index (κ2) is 10.7. The van der Waals surface area contributed by atoms with Crippen LogP contribution < -0.4 is 10.1 Å². The maximum Gasteiger partial charge on any atom is 0.228 e. The van der Waals surface area contributed by atoms with Crippen LogP contribution in [0.4, 0.5) is 14.5 Å². The van der Waals surface area contributed by atoms with Crippen LogP contribution in [0.5, 0.6) is 5.75 Å². The number of sulfone groups is 1. The molecule has 5 nitrogen and oxygen atoms in total. The molecule has 3 rings (SSSR count). The van der Waals surface area contributed by atoms with Gasteiger partial charge in [-0.25, -0.2) is 17.2 Å². The Morgan fingerprint density at radius 3 is 2.23 bits per heavy atom. The molecule has 0 bridgehead atoms. The van der Waals surface area contributed by atoms with Gasteiger partial charge in [-0.3, -0.25) is 4.79 Å². The molecule has 182 valence electrons. The molecule has 0 spiro atoms. The Bertz CT molecular complexity index is 1370. The third kappa shape index (κ3) is 7.39. The summed E-state index contributed by atoms with van der Waals surface area (Å²) in [7, 11) is -3.28. The van der Waals surface area contributed by atoms with Gasteiger partial charge in [-0.1, -0.05) is 30.9 Å². The maximum absolute atomic E-state index is 13.4. The highest BCUT2D eigenvalue weighted by molar-refractivity contribution is 7.91. The maximum atomic E-state index is 13.4. The monoisotopic (exact) mass is 497 g/mol. The van der Waals surface area contributed by atoms with Gasteiger partial charge in [-0.15, -0.1) is 0 Å². The topological polar surface area (TPSA) is 72.5 Å². The van der Waals surface area contributed by atoms with Crippen molar-refractivity contribution in [3.63, 3.8) is 0 Å². The first-order valence-corrected chi connectivity index (χ1v) is 12.5. The molecule has 0 radical (unpaired) electrons. The van der Waals surface area contributed by atoms with Crippen LogP contribution >= 0.6 is 0 Å². The number of nitrogens with one attached hydrogen (secondary N) is 1. The smallest absolute Gasteiger partial charge is 0.228 e. The summed E-state index contributed by atoms with van der Waals surface area (Å²) in [4.78, 5) is 12.6. The molecule has 3 aromatic rings. The van der Waals surface area contributed by atoms with Gasteiger partial charge >= 0.3 is 0 Å². The lowest BCUT2D eigenvalue weighted by molar-refractivity contribution is -0.115. The Labute approximate surface area is 204 Å². The predicted octanol–water partition coefficient (Wildman–Crippen LogP) is 5.15. The van der Waals surface area contributed by atoms with Crippen molar-refractivity contribution in [3.05, 3.63) is 89.5 Å². The molecular weight excluding hydrogens is 472 g/mol. The first-order chi connectivity index (χ1) is 16.5. The fourth-order valence-corrected chi connectivity index (χ4v) is 3.98. The first kappa shape index (κ1) is 25.9. The van der Waals surface area contributed by atoms with E-state index in [-0.39, 0.29) is 28.7 Å². The average molecular weight is 498 g/mol. The van der Waals surface area contributed by atoms with Gasteiger partial charge in [0.25, 0.3) is 0 Å². The number of carbonyl (C=O) groups is 1. The molecule has 8 heteroatoms. The second-order valence-electron chi connectivity index (χ2n) is 8.29.